The van der Waals surface area contributed by atoms with E-state index >= 15 is 0 Å². The zero-order chi connectivity index (χ0) is 10.1. The van der Waals surface area contributed by atoms with Crippen LogP contribution in [0.15, 0.2) is 18.2 Å². The summed E-state index contributed by atoms with van der Waals surface area (Å²) in [6, 6.07) is 6.30. The molecule has 1 rings (SSSR count). The molecule has 0 aliphatic rings. The van der Waals surface area contributed by atoms with Gasteiger partial charge in [0.25, 0.3) is 0 Å². The van der Waals surface area contributed by atoms with E-state index in [0.29, 0.717) is 6.16 Å². The number of aryl methyl sites for hydroxylation is 2. The molecule has 13 heavy (non-hydrogen) atoms. The molecule has 2 heteroatoms. The number of benzene rings is 1. The fourth-order valence-electron chi connectivity index (χ4n) is 1.34. The molecule has 0 spiro atoms. The minimum Gasteiger partial charge on any atom is -0.324 e. The quantitative estimate of drug-likeness (QED) is 0.662. The molecule has 1 nitrogen and oxygen atoms in total. The number of hydrogen-bond acceptors (Lipinski definition) is 1. The molecule has 0 heterocycles. The highest BCUT2D eigenvalue weighted by Crippen LogP contribution is 2.40. The topological polar surface area (TPSA) is 17.1 Å². The van der Waals surface area contributed by atoms with Gasteiger partial charge in [0, 0.05) is 6.16 Å². The van der Waals surface area contributed by atoms with Gasteiger partial charge in [-0.15, -0.1) is 0 Å². The minimum atomic E-state index is -1.92. The van der Waals surface area contributed by atoms with Crippen LogP contribution in [0.2, 0.25) is 0 Å². The molecule has 0 aliphatic heterocycles. The van der Waals surface area contributed by atoms with Crippen LogP contribution in [0.1, 0.15) is 16.7 Å². The van der Waals surface area contributed by atoms with Gasteiger partial charge >= 0.3 is 0 Å². The molecule has 0 saturated carbocycles. The second-order valence-electron chi connectivity index (χ2n) is 4.15. The van der Waals surface area contributed by atoms with E-state index in [1.807, 2.05) is 13.3 Å². The highest BCUT2D eigenvalue weighted by molar-refractivity contribution is 7.61. The summed E-state index contributed by atoms with van der Waals surface area (Å²) in [6.07, 6.45) is 0.716. The molecule has 72 valence electrons. The second kappa shape index (κ2) is 3.67. The maximum Gasteiger partial charge on any atom is 0.0861 e. The van der Waals surface area contributed by atoms with Gasteiger partial charge in [0.1, 0.15) is 0 Å². The molecule has 0 aromatic heterocycles. The van der Waals surface area contributed by atoms with Crippen molar-refractivity contribution < 1.29 is 4.57 Å². The van der Waals surface area contributed by atoms with Crippen molar-refractivity contribution in [2.24, 2.45) is 0 Å². The van der Waals surface area contributed by atoms with E-state index in [1.165, 1.54) is 16.7 Å². The van der Waals surface area contributed by atoms with Crippen molar-refractivity contribution in [3.05, 3.63) is 34.9 Å². The van der Waals surface area contributed by atoms with Crippen LogP contribution in [0.25, 0.3) is 0 Å². The minimum absolute atomic E-state index is 0.716. The Labute approximate surface area is 80.5 Å². The van der Waals surface area contributed by atoms with E-state index in [9.17, 15) is 4.57 Å². The van der Waals surface area contributed by atoms with E-state index in [-0.39, 0.29) is 0 Å². The maximum absolute atomic E-state index is 11.6. The summed E-state index contributed by atoms with van der Waals surface area (Å²) in [7, 11) is -1.92. The van der Waals surface area contributed by atoms with Crippen LogP contribution in [0.4, 0.5) is 0 Å². The zero-order valence-corrected chi connectivity index (χ0v) is 9.69. The Hall–Kier alpha value is -0.550. The predicted molar refractivity (Wildman–Crippen MR) is 59.1 cm³/mol. The first-order chi connectivity index (χ1) is 5.88. The Kier molecular flexibility index (Phi) is 2.98. The van der Waals surface area contributed by atoms with Gasteiger partial charge in [-0.3, -0.25) is 0 Å². The van der Waals surface area contributed by atoms with Gasteiger partial charge in [-0.05, 0) is 43.9 Å². The molecule has 0 saturated heterocycles. The molecule has 0 amide bonds. The van der Waals surface area contributed by atoms with Crippen LogP contribution < -0.4 is 0 Å². The lowest BCUT2D eigenvalue weighted by molar-refractivity contribution is 0.582. The Bertz CT molecular complexity index is 349. The van der Waals surface area contributed by atoms with E-state index in [0.717, 1.165) is 0 Å². The lowest BCUT2D eigenvalue weighted by Gasteiger charge is -2.08. The first-order valence-corrected chi connectivity index (χ1v) is 7.27. The second-order valence-corrected chi connectivity index (χ2v) is 7.61. The Morgan fingerprint density at radius 1 is 1.15 bits per heavy atom. The summed E-state index contributed by atoms with van der Waals surface area (Å²) in [4.78, 5) is 0. The van der Waals surface area contributed by atoms with E-state index in [1.54, 1.807) is 0 Å². The standard InChI is InChI=1S/C11H17OP/c1-9-5-6-11(7-10(9)2)8-13(3,4)12/h5-7H,8H2,1-4H3. The molecular weight excluding hydrogens is 179 g/mol. The third-order valence-electron chi connectivity index (χ3n) is 2.13. The summed E-state index contributed by atoms with van der Waals surface area (Å²) in [5.41, 5.74) is 3.77. The summed E-state index contributed by atoms with van der Waals surface area (Å²) >= 11 is 0. The van der Waals surface area contributed by atoms with Crippen molar-refractivity contribution in [3.63, 3.8) is 0 Å². The highest BCUT2D eigenvalue weighted by Gasteiger charge is 2.08. The van der Waals surface area contributed by atoms with Crippen molar-refractivity contribution in [2.45, 2.75) is 20.0 Å². The van der Waals surface area contributed by atoms with Crippen LogP contribution in [0, 0.1) is 13.8 Å². The van der Waals surface area contributed by atoms with Crippen molar-refractivity contribution in [1.29, 1.82) is 0 Å². The largest absolute Gasteiger partial charge is 0.324 e. The van der Waals surface area contributed by atoms with E-state index < -0.39 is 7.14 Å². The van der Waals surface area contributed by atoms with Crippen LogP contribution >= 0.6 is 7.14 Å². The molecule has 1 aromatic carbocycles. The van der Waals surface area contributed by atoms with Crippen LogP contribution in [0.5, 0.6) is 0 Å². The van der Waals surface area contributed by atoms with Crippen molar-refractivity contribution >= 4 is 7.14 Å². The SMILES string of the molecule is Cc1ccc(CP(C)(C)=O)cc1C. The summed E-state index contributed by atoms with van der Waals surface area (Å²) in [6.45, 7) is 7.86. The number of hydrogen-bond donors (Lipinski definition) is 0. The van der Waals surface area contributed by atoms with E-state index in [2.05, 4.69) is 32.0 Å². The first-order valence-electron chi connectivity index (χ1n) is 4.48. The molecule has 1 aromatic rings. The number of rotatable bonds is 2. The van der Waals surface area contributed by atoms with Crippen molar-refractivity contribution in [3.8, 4) is 0 Å². The van der Waals surface area contributed by atoms with Crippen LogP contribution in [-0.2, 0) is 10.7 Å². The Morgan fingerprint density at radius 2 is 1.77 bits per heavy atom. The predicted octanol–water partition coefficient (Wildman–Crippen LogP) is 3.43. The smallest absolute Gasteiger partial charge is 0.0861 e. The lowest BCUT2D eigenvalue weighted by atomic mass is 10.1. The third-order valence-corrected chi connectivity index (χ3v) is 3.26. The van der Waals surface area contributed by atoms with Crippen LogP contribution in [0.3, 0.4) is 0 Å². The molecule has 0 unspecified atom stereocenters. The first kappa shape index (κ1) is 10.5. The molecule has 0 bridgehead atoms. The molecular formula is C11H17OP. The van der Waals surface area contributed by atoms with Gasteiger partial charge in [-0.1, -0.05) is 18.2 Å². The molecule has 0 N–H and O–H groups in total. The fraction of sp³-hybridized carbons (Fsp3) is 0.455. The third kappa shape index (κ3) is 3.36. The van der Waals surface area contributed by atoms with Gasteiger partial charge in [0.15, 0.2) is 0 Å². The Morgan fingerprint density at radius 3 is 2.23 bits per heavy atom. The van der Waals surface area contributed by atoms with Crippen LogP contribution in [-0.4, -0.2) is 13.3 Å². The average molecular weight is 196 g/mol. The molecule has 0 atom stereocenters. The molecule has 0 aliphatic carbocycles. The maximum atomic E-state index is 11.6. The normalized spacial score (nSPS) is 11.7. The van der Waals surface area contributed by atoms with Gasteiger partial charge in [-0.2, -0.15) is 0 Å². The monoisotopic (exact) mass is 196 g/mol. The van der Waals surface area contributed by atoms with Crippen molar-refractivity contribution in [2.75, 3.05) is 13.3 Å². The summed E-state index contributed by atoms with van der Waals surface area (Å²) in [5.74, 6) is 0. The van der Waals surface area contributed by atoms with E-state index in [4.69, 9.17) is 0 Å². The average Bonchev–Trinajstić information content (AvgIpc) is 1.94. The van der Waals surface area contributed by atoms with Gasteiger partial charge in [0.2, 0.25) is 0 Å². The molecule has 0 radical (unpaired) electrons. The molecule has 0 fully saturated rings. The van der Waals surface area contributed by atoms with Gasteiger partial charge < -0.3 is 4.57 Å². The van der Waals surface area contributed by atoms with Gasteiger partial charge in [0.05, 0.1) is 7.14 Å². The summed E-state index contributed by atoms with van der Waals surface area (Å²) < 4.78 is 11.6. The lowest BCUT2D eigenvalue weighted by Crippen LogP contribution is -1.88. The Balaban J connectivity index is 2.92. The zero-order valence-electron chi connectivity index (χ0n) is 8.79. The van der Waals surface area contributed by atoms with Gasteiger partial charge in [-0.25, -0.2) is 0 Å². The fourth-order valence-corrected chi connectivity index (χ4v) is 2.42. The highest BCUT2D eigenvalue weighted by atomic mass is 31.2. The summed E-state index contributed by atoms with van der Waals surface area (Å²) in [5, 5.41) is 0. The van der Waals surface area contributed by atoms with Crippen molar-refractivity contribution in [1.82, 2.24) is 0 Å².